The zero-order valence-corrected chi connectivity index (χ0v) is 19.8. The topological polar surface area (TPSA) is 109 Å². The van der Waals surface area contributed by atoms with Crippen LogP contribution in [-0.4, -0.2) is 40.8 Å². The van der Waals surface area contributed by atoms with E-state index in [9.17, 15) is 5.11 Å². The fraction of sp³-hybridized carbons (Fsp3) is 0.350. The Hall–Kier alpha value is -2.11. The molecule has 3 rings (SSSR count). The van der Waals surface area contributed by atoms with Crippen LogP contribution in [0.15, 0.2) is 56.6 Å². The molecule has 8 nitrogen and oxygen atoms in total. The Morgan fingerprint density at radius 1 is 1.23 bits per heavy atom. The summed E-state index contributed by atoms with van der Waals surface area (Å²) in [4.78, 5) is 8.84. The van der Waals surface area contributed by atoms with Crippen LogP contribution in [0.4, 0.5) is 0 Å². The van der Waals surface area contributed by atoms with E-state index in [1.54, 1.807) is 31.2 Å². The minimum atomic E-state index is -1.19. The van der Waals surface area contributed by atoms with Crippen molar-refractivity contribution in [3.63, 3.8) is 0 Å². The van der Waals surface area contributed by atoms with Gasteiger partial charge in [0.15, 0.2) is 5.96 Å². The van der Waals surface area contributed by atoms with Crippen molar-refractivity contribution < 1.29 is 14.0 Å². The molecule has 0 aliphatic carbocycles. The number of hydrogen-bond acceptors (Lipinski definition) is 6. The van der Waals surface area contributed by atoms with E-state index in [2.05, 4.69) is 25.8 Å². The van der Waals surface area contributed by atoms with E-state index in [0.29, 0.717) is 48.0 Å². The normalized spacial score (nSPS) is 13.4. The van der Waals surface area contributed by atoms with E-state index >= 15 is 0 Å². The molecule has 2 aromatic heterocycles. The predicted molar refractivity (Wildman–Crippen MR) is 126 cm³/mol. The van der Waals surface area contributed by atoms with Crippen LogP contribution in [0, 0.1) is 0 Å². The molecule has 30 heavy (non-hydrogen) atoms. The number of nitrogens with zero attached hydrogens (tertiary/aromatic N) is 3. The van der Waals surface area contributed by atoms with E-state index in [4.69, 9.17) is 20.5 Å². The number of aliphatic imine (C=N–C) groups is 1. The first-order chi connectivity index (χ1) is 14.0. The maximum Gasteiger partial charge on any atom is 0.228 e. The quantitative estimate of drug-likeness (QED) is 0.225. The number of nitrogens with one attached hydrogen (secondary N) is 2. The lowest BCUT2D eigenvalue weighted by molar-refractivity contribution is 0.0437. The van der Waals surface area contributed by atoms with Crippen molar-refractivity contribution in [2.75, 3.05) is 19.6 Å². The van der Waals surface area contributed by atoms with Gasteiger partial charge in [-0.05, 0) is 50.2 Å². The van der Waals surface area contributed by atoms with Gasteiger partial charge in [0, 0.05) is 30.1 Å². The van der Waals surface area contributed by atoms with Crippen molar-refractivity contribution in [2.45, 2.75) is 25.9 Å². The van der Waals surface area contributed by atoms with E-state index in [1.807, 2.05) is 19.1 Å². The highest BCUT2D eigenvalue weighted by Crippen LogP contribution is 2.21. The van der Waals surface area contributed by atoms with Crippen LogP contribution in [-0.2, 0) is 12.0 Å². The number of guanidine groups is 1. The van der Waals surface area contributed by atoms with E-state index in [-0.39, 0.29) is 30.5 Å². The van der Waals surface area contributed by atoms with Gasteiger partial charge in [-0.3, -0.25) is 0 Å². The summed E-state index contributed by atoms with van der Waals surface area (Å²) < 4.78 is 10.6. The molecule has 0 aliphatic heterocycles. The van der Waals surface area contributed by atoms with Crippen LogP contribution in [0.2, 0.25) is 5.02 Å². The first-order valence-electron chi connectivity index (χ1n) is 9.35. The summed E-state index contributed by atoms with van der Waals surface area (Å²) in [5.41, 5.74) is -0.348. The van der Waals surface area contributed by atoms with Crippen molar-refractivity contribution in [3.8, 4) is 11.4 Å². The second-order valence-corrected chi connectivity index (χ2v) is 7.08. The van der Waals surface area contributed by atoms with Gasteiger partial charge in [0.2, 0.25) is 11.7 Å². The average Bonchev–Trinajstić information content (AvgIpc) is 3.39. The van der Waals surface area contributed by atoms with Gasteiger partial charge in [-0.1, -0.05) is 16.8 Å². The minimum Gasteiger partial charge on any atom is -0.466 e. The van der Waals surface area contributed by atoms with Gasteiger partial charge in [0.05, 0.1) is 12.8 Å². The third-order valence-electron chi connectivity index (χ3n) is 4.14. The van der Waals surface area contributed by atoms with Crippen molar-refractivity contribution in [1.29, 1.82) is 0 Å². The molecule has 0 amide bonds. The molecule has 1 unspecified atom stereocenters. The van der Waals surface area contributed by atoms with Crippen molar-refractivity contribution in [3.05, 3.63) is 59.3 Å². The van der Waals surface area contributed by atoms with Crippen LogP contribution in [0.1, 0.15) is 25.5 Å². The molecule has 162 valence electrons. The Morgan fingerprint density at radius 3 is 2.67 bits per heavy atom. The average molecular weight is 546 g/mol. The number of halogens is 2. The maximum atomic E-state index is 10.5. The molecule has 10 heteroatoms. The van der Waals surface area contributed by atoms with Gasteiger partial charge < -0.3 is 24.7 Å². The summed E-state index contributed by atoms with van der Waals surface area (Å²) >= 11 is 5.90. The lowest BCUT2D eigenvalue weighted by Crippen LogP contribution is -2.39. The summed E-state index contributed by atoms with van der Waals surface area (Å²) in [6.07, 6.45) is 2.05. The number of aliphatic hydroxyl groups is 1. The molecule has 2 heterocycles. The zero-order chi connectivity index (χ0) is 20.7. The molecule has 0 saturated heterocycles. The lowest BCUT2D eigenvalue weighted by Gasteiger charge is -2.19. The van der Waals surface area contributed by atoms with Gasteiger partial charge in [0.1, 0.15) is 11.4 Å². The standard InChI is InChI=1S/C20H24ClN5O3.HI/c1-3-22-19(24-13-20(2,27)16-5-4-12-28-16)23-11-10-17-25-18(26-29-17)14-6-8-15(21)9-7-14;/h4-9,12,27H,3,10-11,13H2,1-2H3,(H2,22,23,24);1H. The molecule has 0 radical (unpaired) electrons. The third-order valence-corrected chi connectivity index (χ3v) is 4.40. The molecule has 0 spiro atoms. The molecule has 0 fully saturated rings. The van der Waals surface area contributed by atoms with Crippen molar-refractivity contribution >= 4 is 41.5 Å². The smallest absolute Gasteiger partial charge is 0.228 e. The molecular weight excluding hydrogens is 521 g/mol. The predicted octanol–water partition coefficient (Wildman–Crippen LogP) is 3.61. The van der Waals surface area contributed by atoms with E-state index < -0.39 is 5.60 Å². The number of benzene rings is 1. The van der Waals surface area contributed by atoms with Crippen molar-refractivity contribution in [1.82, 2.24) is 20.8 Å². The van der Waals surface area contributed by atoms with Gasteiger partial charge >= 0.3 is 0 Å². The molecule has 0 bridgehead atoms. The summed E-state index contributed by atoms with van der Waals surface area (Å²) in [5.74, 6) is 2.09. The zero-order valence-electron chi connectivity index (χ0n) is 16.8. The first-order valence-corrected chi connectivity index (χ1v) is 9.73. The van der Waals surface area contributed by atoms with E-state index in [0.717, 1.165) is 5.56 Å². The molecule has 1 aromatic carbocycles. The third kappa shape index (κ3) is 6.71. The minimum absolute atomic E-state index is 0. The van der Waals surface area contributed by atoms with Gasteiger partial charge in [-0.2, -0.15) is 4.98 Å². The summed E-state index contributed by atoms with van der Waals surface area (Å²) in [6.45, 7) is 5.01. The number of rotatable bonds is 8. The Morgan fingerprint density at radius 2 is 2.00 bits per heavy atom. The number of furan rings is 1. The first kappa shape index (κ1) is 24.2. The van der Waals surface area contributed by atoms with Gasteiger partial charge in [0.25, 0.3) is 0 Å². The van der Waals surface area contributed by atoms with Gasteiger partial charge in [-0.25, -0.2) is 4.99 Å². The summed E-state index contributed by atoms with van der Waals surface area (Å²) in [7, 11) is 0. The largest absolute Gasteiger partial charge is 0.466 e. The fourth-order valence-electron chi connectivity index (χ4n) is 2.60. The van der Waals surface area contributed by atoms with Crippen molar-refractivity contribution in [2.24, 2.45) is 4.99 Å². The fourth-order valence-corrected chi connectivity index (χ4v) is 2.72. The van der Waals surface area contributed by atoms with Crippen LogP contribution in [0.25, 0.3) is 11.4 Å². The molecule has 3 N–H and O–H groups in total. The molecular formula is C20H25ClIN5O3. The van der Waals surface area contributed by atoms with E-state index in [1.165, 1.54) is 6.26 Å². The monoisotopic (exact) mass is 545 g/mol. The van der Waals surface area contributed by atoms with Crippen LogP contribution in [0.3, 0.4) is 0 Å². The Balaban J connectivity index is 0.00000320. The molecule has 0 aliphatic rings. The number of hydrogen-bond donors (Lipinski definition) is 3. The highest BCUT2D eigenvalue weighted by molar-refractivity contribution is 14.0. The Bertz CT molecular complexity index is 926. The van der Waals surface area contributed by atoms with Gasteiger partial charge in [-0.15, -0.1) is 24.0 Å². The van der Waals surface area contributed by atoms with Crippen LogP contribution >= 0.6 is 35.6 Å². The molecule has 3 aromatic rings. The van der Waals surface area contributed by atoms with Crippen LogP contribution in [0.5, 0.6) is 0 Å². The highest BCUT2D eigenvalue weighted by atomic mass is 127. The molecule has 1 atom stereocenters. The summed E-state index contributed by atoms with van der Waals surface area (Å²) in [6, 6.07) is 10.7. The Labute approximate surface area is 197 Å². The second-order valence-electron chi connectivity index (χ2n) is 6.64. The lowest BCUT2D eigenvalue weighted by atomic mass is 10.0. The highest BCUT2D eigenvalue weighted by Gasteiger charge is 2.26. The maximum absolute atomic E-state index is 10.5. The number of aromatic nitrogens is 2. The second kappa shape index (κ2) is 11.3. The SMILES string of the molecule is CCNC(=NCC(C)(O)c1ccco1)NCCc1nc(-c2ccc(Cl)cc2)no1.I. The Kier molecular flexibility index (Phi) is 9.12. The summed E-state index contributed by atoms with van der Waals surface area (Å²) in [5, 5.41) is 21.5. The van der Waals surface area contributed by atoms with Crippen LogP contribution < -0.4 is 10.6 Å². The molecule has 0 saturated carbocycles.